The van der Waals surface area contributed by atoms with E-state index in [1.165, 1.54) is 126 Å². The van der Waals surface area contributed by atoms with Crippen molar-refractivity contribution in [3.05, 3.63) is 339 Å². The first kappa shape index (κ1) is 103. The summed E-state index contributed by atoms with van der Waals surface area (Å²) in [7, 11) is 3.35. The first-order chi connectivity index (χ1) is 56.6. The number of benzene rings is 9. The molecule has 0 atom stereocenters. The van der Waals surface area contributed by atoms with E-state index in [9.17, 15) is 14.4 Å². The second kappa shape index (κ2) is 49.9. The van der Waals surface area contributed by atoms with Gasteiger partial charge in [-0.15, -0.1) is 93.3 Å². The van der Waals surface area contributed by atoms with E-state index in [0.717, 1.165) is 116 Å². The minimum Gasteiger partial charge on any atom is -0.518 e. The minimum atomic E-state index is -0.125. The van der Waals surface area contributed by atoms with Gasteiger partial charge in [-0.3, -0.25) is 29.3 Å². The topological polar surface area (TPSA) is 208 Å². The van der Waals surface area contributed by atoms with Crippen LogP contribution in [0.3, 0.4) is 0 Å². The molecule has 0 amide bonds. The largest absolute Gasteiger partial charge is 0.518 e. The normalized spacial score (nSPS) is 10.6. The Morgan fingerprint density at radius 2 is 0.756 bits per heavy atom. The molecule has 8 aromatic heterocycles. The van der Waals surface area contributed by atoms with Gasteiger partial charge in [-0.1, -0.05) is 154 Å². The Hall–Kier alpha value is -10.3. The van der Waals surface area contributed by atoms with Crippen molar-refractivity contribution in [2.45, 2.75) is 96.9 Å². The summed E-state index contributed by atoms with van der Waals surface area (Å²) < 4.78 is 16.4. The summed E-state index contributed by atoms with van der Waals surface area (Å²) in [4.78, 5) is 56.1. The number of aliphatic hydroxyl groups is 3. The number of fused-ring (bicyclic) bond motifs is 7. The molecule has 9 aromatic carbocycles. The van der Waals surface area contributed by atoms with E-state index in [2.05, 4.69) is 189 Å². The number of ether oxygens (including phenoxy) is 2. The van der Waals surface area contributed by atoms with Gasteiger partial charge in [0.25, 0.3) is 0 Å². The van der Waals surface area contributed by atoms with Crippen molar-refractivity contribution in [2.75, 3.05) is 14.2 Å². The van der Waals surface area contributed by atoms with Gasteiger partial charge in [0.05, 0.1) is 64.8 Å². The molecular weight excluding hydrogens is 2460 g/mol. The van der Waals surface area contributed by atoms with E-state index in [1.807, 2.05) is 126 Å². The Morgan fingerprint density at radius 3 is 1.15 bits per heavy atom. The van der Waals surface area contributed by atoms with Crippen LogP contribution in [0.4, 0.5) is 0 Å². The molecule has 0 unspecified atom stereocenters. The molecule has 17 aromatic rings. The number of nitrogens with zero attached hydrogens (tertiary/aromatic N) is 5. The number of carbonyl (C=O) groups excluding carboxylic acids is 3. The van der Waals surface area contributed by atoms with Crippen LogP contribution in [0, 0.1) is 85.7 Å². The summed E-state index contributed by atoms with van der Waals surface area (Å²) in [5, 5.41) is 38.4. The third kappa shape index (κ3) is 29.2. The smallest absolute Gasteiger partial charge is 0.155 e. The fourth-order valence-electron chi connectivity index (χ4n) is 12.8. The van der Waals surface area contributed by atoms with Crippen LogP contribution in [0.5, 0.6) is 11.5 Å². The molecule has 0 saturated heterocycles. The molecule has 3 N–H and O–H groups in total. The van der Waals surface area contributed by atoms with Crippen LogP contribution in [0.15, 0.2) is 269 Å². The zero-order valence-electron chi connectivity index (χ0n) is 70.7. The Kier molecular flexibility index (Phi) is 41.9. The molecule has 21 heteroatoms. The number of aliphatic hydroxyl groups excluding tert-OH is 3. The number of rotatable bonds is 10. The van der Waals surface area contributed by atoms with Crippen LogP contribution < -0.4 is 9.47 Å². The van der Waals surface area contributed by atoms with Crippen molar-refractivity contribution in [3.8, 4) is 66.6 Å². The summed E-state index contributed by atoms with van der Waals surface area (Å²) in [6.07, 6.45) is 3.50. The van der Waals surface area contributed by atoms with Crippen molar-refractivity contribution in [1.29, 1.82) is 0 Å². The monoisotopic (exact) mass is 2560 g/mol. The second-order valence-corrected chi connectivity index (χ2v) is 29.9. The van der Waals surface area contributed by atoms with Crippen LogP contribution in [0.1, 0.15) is 86.1 Å². The summed E-state index contributed by atoms with van der Waals surface area (Å²) in [6, 6.07) is 89.9. The number of furan rings is 1. The number of ketones is 3. The van der Waals surface area contributed by atoms with Crippen molar-refractivity contribution in [2.24, 2.45) is 0 Å². The number of hydrogen-bond acceptors (Lipinski definition) is 16. The quantitative estimate of drug-likeness (QED) is 0.0661. The molecule has 17 rings (SSSR count). The summed E-state index contributed by atoms with van der Waals surface area (Å²) in [6.45, 7) is 25.4. The van der Waals surface area contributed by atoms with Crippen molar-refractivity contribution >= 4 is 116 Å². The van der Waals surface area contributed by atoms with Crippen molar-refractivity contribution in [3.63, 3.8) is 0 Å². The molecule has 0 saturated carbocycles. The number of para-hydroxylation sites is 4. The van der Waals surface area contributed by atoms with E-state index in [1.54, 1.807) is 36.9 Å². The molecule has 8 heterocycles. The van der Waals surface area contributed by atoms with E-state index < -0.39 is 0 Å². The Bertz CT molecular complexity index is 6300. The third-order valence-electron chi connectivity index (χ3n) is 18.3. The summed E-state index contributed by atoms with van der Waals surface area (Å²) >= 11 is 3.36. The van der Waals surface area contributed by atoms with Gasteiger partial charge in [-0.2, -0.15) is 24.3 Å². The number of aromatic nitrogens is 5. The van der Waals surface area contributed by atoms with Gasteiger partial charge in [-0.25, -0.2) is 22.7 Å². The van der Waals surface area contributed by atoms with Crippen LogP contribution in [-0.4, -0.2) is 71.8 Å². The van der Waals surface area contributed by atoms with Gasteiger partial charge in [0, 0.05) is 157 Å². The number of methoxy groups -OCH3 is 2. The van der Waals surface area contributed by atoms with Crippen LogP contribution >= 0.6 is 22.7 Å². The van der Waals surface area contributed by atoms with Gasteiger partial charge >= 0.3 is 0 Å². The molecule has 123 heavy (non-hydrogen) atoms. The number of allylic oxidation sites excluding steroid dienone is 6. The number of aryl methyl sites for hydroxylation is 8. The molecular formula is C102H92Ir5N5O9S2-5. The van der Waals surface area contributed by atoms with Crippen molar-refractivity contribution < 1.29 is 144 Å². The molecule has 0 fully saturated rings. The van der Waals surface area contributed by atoms with Crippen LogP contribution in [-0.2, 0) is 115 Å². The van der Waals surface area contributed by atoms with Gasteiger partial charge in [-0.05, 0) is 189 Å². The number of thiophene rings is 2. The maximum Gasteiger partial charge on any atom is 0.155 e. The van der Waals surface area contributed by atoms with Gasteiger partial charge in [0.15, 0.2) is 17.3 Å². The molecule has 5 radical (unpaired) electrons. The number of carbonyl (C=O) groups is 3. The Labute approximate surface area is 794 Å². The molecule has 0 bridgehead atoms. The zero-order chi connectivity index (χ0) is 84.7. The molecule has 641 valence electrons. The molecule has 0 aliphatic carbocycles. The predicted octanol–water partition coefficient (Wildman–Crippen LogP) is 26.1. The van der Waals surface area contributed by atoms with E-state index in [-0.39, 0.29) is 135 Å². The SMILES string of the molecule is CC(=O)C=C(C)O.CC(=O)C=C(C)O.CC(=O)C=C(C)O.COc1ccc2nc(-c3[c-]c4ccccc4o3)cc(C)c2c1.COc1ccc2nc(-c3[c-]cc4ccccc4c3)cc(C)c2c1.Cc1cc(-c2[c-]cccc2)nc2c(C)cccc12.Cc1cc(-c2[c-]ccs2)nc2c(C)cccc12.Cc1cc(-c2[c-]ccs2)nc2c(C)cccc12.[Ir].[Ir].[Ir].[Ir].[Ir]. The second-order valence-electron chi connectivity index (χ2n) is 28.1. The van der Waals surface area contributed by atoms with E-state index in [0.29, 0.717) is 5.76 Å². The summed E-state index contributed by atoms with van der Waals surface area (Å²) in [5.74, 6) is 2.17. The molecule has 0 aliphatic heterocycles. The number of hydrogen-bond donors (Lipinski definition) is 3. The fourth-order valence-corrected chi connectivity index (χ4v) is 14.1. The van der Waals surface area contributed by atoms with Gasteiger partial charge < -0.3 is 39.2 Å². The first-order valence-corrected chi connectivity index (χ1v) is 39.7. The average Bonchev–Trinajstić information content (AvgIpc) is 1.75. The van der Waals surface area contributed by atoms with Crippen LogP contribution in [0.2, 0.25) is 0 Å². The third-order valence-corrected chi connectivity index (χ3v) is 20.0. The number of pyridine rings is 5. The maximum atomic E-state index is 10.0. The van der Waals surface area contributed by atoms with E-state index in [4.69, 9.17) is 54.1 Å². The fraction of sp³-hybridized carbons (Fsp3) is 0.157. The summed E-state index contributed by atoms with van der Waals surface area (Å²) in [5.41, 5.74) is 22.7. The molecule has 0 aliphatic rings. The molecule has 0 spiro atoms. The maximum absolute atomic E-state index is 10.0. The van der Waals surface area contributed by atoms with Crippen molar-refractivity contribution in [1.82, 2.24) is 24.9 Å². The average molecular weight is 2560 g/mol. The van der Waals surface area contributed by atoms with Gasteiger partial charge in [0.1, 0.15) is 11.5 Å². The Morgan fingerprint density at radius 1 is 0.366 bits per heavy atom. The van der Waals surface area contributed by atoms with Gasteiger partial charge in [0.2, 0.25) is 0 Å². The first-order valence-electron chi connectivity index (χ1n) is 38.0. The zero-order valence-corrected chi connectivity index (χ0v) is 84.3. The van der Waals surface area contributed by atoms with E-state index >= 15 is 0 Å². The Balaban J connectivity index is 0.000000256. The standard InChI is InChI=1S/C21H16NO.C19H14NO2.C17H14N.2C15H12NS.3C5H8O2.5Ir/c1-14-11-21(22-20-10-9-18(23-2)13-19(14)20)17-8-7-15-5-3-4-6-16(15)12-17;1-12-9-17(19-10-13-5-3-4-6-18(13)22-19)20-16-8-7-14(21-2)11-15(12)16;1-12-7-6-10-15-13(2)11-16(18-17(12)15)14-8-4-3-5-9-14;2*1-10-5-3-6-12-11(2)9-13(16-15(10)12)14-7-4-8-17-14;3*1-4(6)3-5(2)7;;;;;/h3-7,9-13H,1-2H3;3-9,11H,1-2H3;3-8,10-11H,1-2H3;2*3-6,8-9H,1-2H3;3*3,6H,1-2H3;;;;;/q5*-1;;;;;;;;. The van der Waals surface area contributed by atoms with Crippen LogP contribution in [0.25, 0.3) is 131 Å². The molecule has 14 nitrogen and oxygen atoms in total. The predicted molar refractivity (Wildman–Crippen MR) is 485 cm³/mol. The minimum absolute atomic E-state index is 0.